The number of benzene rings is 3. The fourth-order valence-corrected chi connectivity index (χ4v) is 4.49. The molecule has 0 saturated carbocycles. The van der Waals surface area contributed by atoms with E-state index in [-0.39, 0.29) is 11.3 Å². The molecule has 1 amide bonds. The van der Waals surface area contributed by atoms with Gasteiger partial charge >= 0.3 is 0 Å². The molecule has 3 aromatic carbocycles. The average molecular weight is 552 g/mol. The van der Waals surface area contributed by atoms with Crippen molar-refractivity contribution in [2.75, 3.05) is 18.2 Å². The summed E-state index contributed by atoms with van der Waals surface area (Å²) in [6.45, 7) is 2.44. The highest BCUT2D eigenvalue weighted by atomic mass is 19.1. The molecule has 5 rings (SSSR count). The molecule has 0 spiro atoms. The highest BCUT2D eigenvalue weighted by Gasteiger charge is 2.17. The van der Waals surface area contributed by atoms with E-state index < -0.39 is 17.2 Å². The van der Waals surface area contributed by atoms with Gasteiger partial charge in [0, 0.05) is 53.6 Å². The second kappa shape index (κ2) is 11.4. The number of nitrogens with one attached hydrogen (secondary N) is 1. The molecule has 0 saturated heterocycles. The molecule has 9 heteroatoms. The highest BCUT2D eigenvalue weighted by Crippen LogP contribution is 2.34. The van der Waals surface area contributed by atoms with Crippen molar-refractivity contribution in [3.8, 4) is 44.9 Å². The van der Waals surface area contributed by atoms with E-state index >= 15 is 0 Å². The van der Waals surface area contributed by atoms with E-state index in [1.807, 2.05) is 19.1 Å². The number of pyridine rings is 2. The van der Waals surface area contributed by atoms with Crippen molar-refractivity contribution in [1.29, 1.82) is 0 Å². The van der Waals surface area contributed by atoms with Gasteiger partial charge < -0.3 is 25.5 Å². The van der Waals surface area contributed by atoms with Crippen LogP contribution in [0.2, 0.25) is 0 Å². The third-order valence-electron chi connectivity index (χ3n) is 6.75. The summed E-state index contributed by atoms with van der Waals surface area (Å²) in [4.78, 5) is 30.8. The van der Waals surface area contributed by atoms with Gasteiger partial charge in [0.05, 0.1) is 7.11 Å². The Morgan fingerprint density at radius 2 is 1.61 bits per heavy atom. The van der Waals surface area contributed by atoms with Crippen LogP contribution in [0.4, 0.5) is 15.9 Å². The number of amides is 1. The predicted molar refractivity (Wildman–Crippen MR) is 159 cm³/mol. The van der Waals surface area contributed by atoms with Gasteiger partial charge in [-0.1, -0.05) is 24.3 Å². The Hall–Kier alpha value is -5.44. The van der Waals surface area contributed by atoms with Crippen molar-refractivity contribution < 1.29 is 19.0 Å². The number of carbonyl (C=O) groups is 1. The second-order valence-corrected chi connectivity index (χ2v) is 9.36. The van der Waals surface area contributed by atoms with E-state index in [2.05, 4.69) is 10.3 Å². The standard InChI is InChI=1S/C32H27FN4O4/c1-3-37-17-26(20-4-9-23(33)10-5-20)30(39)27(18-37)32(40)36-24-11-6-19(7-12-24)25-14-22(16-35-31(25)34)21-8-13-29(41-2)28(38)15-21/h4-18,38H,3H2,1-2H3,(H2,34,35)(H,36,40)/p+1. The molecule has 0 radical (unpaired) electrons. The number of aromatic nitrogens is 2. The Morgan fingerprint density at radius 3 is 2.27 bits per heavy atom. The van der Waals surface area contributed by atoms with Crippen LogP contribution in [0.5, 0.6) is 11.5 Å². The number of nitrogens with two attached hydrogens (primary N) is 1. The van der Waals surface area contributed by atoms with Crippen molar-refractivity contribution in [2.24, 2.45) is 0 Å². The molecule has 5 N–H and O–H groups in total. The number of aryl methyl sites for hydroxylation is 1. The first kappa shape index (κ1) is 27.1. The lowest BCUT2D eigenvalue weighted by molar-refractivity contribution is 0.102. The molecule has 5 aromatic rings. The normalized spacial score (nSPS) is 10.8. The molecule has 2 heterocycles. The maximum Gasteiger partial charge on any atom is 0.297 e. The minimum Gasteiger partial charge on any atom is -0.591 e. The third-order valence-corrected chi connectivity index (χ3v) is 6.75. The lowest BCUT2D eigenvalue weighted by Crippen LogP contribution is -2.24. The van der Waals surface area contributed by atoms with Crippen LogP contribution in [0.3, 0.4) is 0 Å². The first-order chi connectivity index (χ1) is 19.8. The number of nitrogens with zero attached hydrogens (tertiary/aromatic N) is 2. The summed E-state index contributed by atoms with van der Waals surface area (Å²) in [6, 6.07) is 19.8. The van der Waals surface area contributed by atoms with Crippen molar-refractivity contribution >= 4 is 17.4 Å². The molecular formula is C32H28FN4O4+. The Morgan fingerprint density at radius 1 is 0.951 bits per heavy atom. The number of hydrogen-bond donors (Lipinski definition) is 2. The van der Waals surface area contributed by atoms with Gasteiger partial charge in [-0.15, -0.1) is 0 Å². The van der Waals surface area contributed by atoms with Crippen LogP contribution in [0.1, 0.15) is 17.3 Å². The zero-order chi connectivity index (χ0) is 29.1. The molecular weight excluding hydrogens is 523 g/mol. The summed E-state index contributed by atoms with van der Waals surface area (Å²) in [5.41, 5.74) is 10.1. The Kier molecular flexibility index (Phi) is 7.51. The molecule has 0 aliphatic heterocycles. The Balaban J connectivity index is 1.40. The van der Waals surface area contributed by atoms with Crippen LogP contribution >= 0.6 is 0 Å². The second-order valence-electron chi connectivity index (χ2n) is 9.36. The molecule has 41 heavy (non-hydrogen) atoms. The number of nitrogen functional groups attached to an aromatic ring is 1. The molecule has 0 atom stereocenters. The van der Waals surface area contributed by atoms with E-state index in [1.165, 1.54) is 37.6 Å². The lowest BCUT2D eigenvalue weighted by Gasteiger charge is -2.12. The summed E-state index contributed by atoms with van der Waals surface area (Å²) in [5.74, 6) is 0.114. The van der Waals surface area contributed by atoms with Crippen LogP contribution in [0.25, 0.3) is 33.4 Å². The molecule has 0 aliphatic rings. The fraction of sp³-hybridized carbons (Fsp3) is 0.0938. The monoisotopic (exact) mass is 551 g/mol. The van der Waals surface area contributed by atoms with E-state index in [1.54, 1.807) is 53.4 Å². The van der Waals surface area contributed by atoms with Gasteiger partial charge in [0.2, 0.25) is 11.2 Å². The van der Waals surface area contributed by atoms with Crippen molar-refractivity contribution in [1.82, 2.24) is 9.55 Å². The first-order valence-corrected chi connectivity index (χ1v) is 12.8. The maximum atomic E-state index is 13.4. The van der Waals surface area contributed by atoms with Gasteiger partial charge in [-0.25, -0.2) is 9.37 Å². The molecule has 0 bridgehead atoms. The molecule has 206 valence electrons. The van der Waals surface area contributed by atoms with Gasteiger partial charge in [-0.3, -0.25) is 9.59 Å². The van der Waals surface area contributed by atoms with Crippen molar-refractivity contribution in [2.45, 2.75) is 13.5 Å². The van der Waals surface area contributed by atoms with E-state index in [9.17, 15) is 14.0 Å². The summed E-state index contributed by atoms with van der Waals surface area (Å²) < 4.78 is 20.3. The Labute approximate surface area is 235 Å². The van der Waals surface area contributed by atoms with Crippen LogP contribution in [0, 0.1) is 5.82 Å². The summed E-state index contributed by atoms with van der Waals surface area (Å²) in [6.07, 6.45) is 4.82. The summed E-state index contributed by atoms with van der Waals surface area (Å²) in [5, 5.41) is 10.9. The zero-order valence-electron chi connectivity index (χ0n) is 22.4. The van der Waals surface area contributed by atoms with Crippen LogP contribution < -0.4 is 21.2 Å². The van der Waals surface area contributed by atoms with E-state index in [4.69, 9.17) is 15.6 Å². The van der Waals surface area contributed by atoms with Crippen molar-refractivity contribution in [3.63, 3.8) is 0 Å². The molecule has 0 aliphatic carbocycles. The minimum atomic E-state index is -0.553. The number of methoxy groups -OCH3 is 1. The number of hydrogen-bond acceptors (Lipinski definition) is 5. The fourth-order valence-electron chi connectivity index (χ4n) is 4.49. The summed E-state index contributed by atoms with van der Waals surface area (Å²) >= 11 is 0. The first-order valence-electron chi connectivity index (χ1n) is 12.8. The topological polar surface area (TPSA) is 122 Å². The van der Waals surface area contributed by atoms with Crippen LogP contribution in [-0.4, -0.2) is 27.7 Å². The van der Waals surface area contributed by atoms with Crippen molar-refractivity contribution in [3.05, 3.63) is 113 Å². The van der Waals surface area contributed by atoms with E-state index in [0.29, 0.717) is 40.5 Å². The van der Waals surface area contributed by atoms with Gasteiger partial charge in [0.25, 0.3) is 11.7 Å². The molecule has 0 unspecified atom stereocenters. The number of ether oxygens (including phenoxy) is 1. The molecule has 2 aromatic heterocycles. The van der Waals surface area contributed by atoms with Crippen LogP contribution in [-0.2, 0) is 6.54 Å². The summed E-state index contributed by atoms with van der Waals surface area (Å²) in [7, 11) is 1.52. The zero-order valence-corrected chi connectivity index (χ0v) is 22.4. The highest BCUT2D eigenvalue weighted by molar-refractivity contribution is 6.04. The maximum absolute atomic E-state index is 13.4. The largest absolute Gasteiger partial charge is 0.591 e. The number of anilines is 2. The number of halogens is 1. The smallest absolute Gasteiger partial charge is 0.297 e. The van der Waals surface area contributed by atoms with Gasteiger partial charge in [-0.05, 0) is 66.1 Å². The van der Waals surface area contributed by atoms with E-state index in [0.717, 1.165) is 16.7 Å². The molecule has 8 nitrogen and oxygen atoms in total. The minimum absolute atomic E-state index is 0.0212. The number of rotatable bonds is 7. The predicted octanol–water partition coefficient (Wildman–Crippen LogP) is 5.68. The lowest BCUT2D eigenvalue weighted by atomic mass is 10.0. The number of carbonyl (C=O) groups excluding carboxylic acids is 1. The average Bonchev–Trinajstić information content (AvgIpc) is 2.98. The van der Waals surface area contributed by atoms with Gasteiger partial charge in [0.1, 0.15) is 17.2 Å². The Bertz CT molecular complexity index is 1800. The van der Waals surface area contributed by atoms with Gasteiger partial charge in [-0.2, -0.15) is 0 Å². The molecule has 0 fully saturated rings. The third kappa shape index (κ3) is 5.65. The van der Waals surface area contributed by atoms with Gasteiger partial charge in [0.15, 0.2) is 0 Å². The SMILES string of the molecule is CCn1cc(C(=O)Nc2ccc(-c3cc(-c4ccc(OC)c([OH2+])c4)cnc3N)cc2)c(=O)c(-c2ccc(F)cc2)c1. The quantitative estimate of drug-likeness (QED) is 0.252. The van der Waals surface area contributed by atoms with Crippen LogP contribution in [0.15, 0.2) is 96.2 Å².